The lowest BCUT2D eigenvalue weighted by Gasteiger charge is -2.53. The summed E-state index contributed by atoms with van der Waals surface area (Å²) in [6.07, 6.45) is -4.71. The maximum absolute atomic E-state index is 13.7. The first-order valence-electron chi connectivity index (χ1n) is 15.5. The fourth-order valence-electron chi connectivity index (χ4n) is 6.96. The number of tetrazole rings is 1. The molecule has 1 aromatic heterocycles. The molecule has 6 rings (SSSR count). The van der Waals surface area contributed by atoms with Crippen molar-refractivity contribution in [2.24, 2.45) is 5.92 Å². The van der Waals surface area contributed by atoms with Crippen LogP contribution < -0.4 is 4.74 Å². The molecule has 2 saturated heterocycles. The van der Waals surface area contributed by atoms with Crippen molar-refractivity contribution in [3.63, 3.8) is 0 Å². The molecule has 0 saturated carbocycles. The van der Waals surface area contributed by atoms with Gasteiger partial charge in [-0.2, -0.15) is 17.9 Å². The van der Waals surface area contributed by atoms with Gasteiger partial charge in [-0.15, -0.1) is 5.10 Å². The van der Waals surface area contributed by atoms with E-state index in [4.69, 9.17) is 4.74 Å². The number of carbonyl (C=O) groups is 1. The summed E-state index contributed by atoms with van der Waals surface area (Å²) in [5.74, 6) is -0.519. The zero-order valence-corrected chi connectivity index (χ0v) is 26.1. The normalized spacial score (nSPS) is 19.4. The van der Waals surface area contributed by atoms with Crippen LogP contribution in [0.2, 0.25) is 0 Å². The molecule has 0 N–H and O–H groups in total. The quantitative estimate of drug-likeness (QED) is 0.274. The number of hydrogen-bond donors (Lipinski definition) is 0. The molecule has 12 heteroatoms. The van der Waals surface area contributed by atoms with Gasteiger partial charge in [-0.25, -0.2) is 0 Å². The highest BCUT2D eigenvalue weighted by Gasteiger charge is 2.43. The van der Waals surface area contributed by atoms with Gasteiger partial charge in [0.2, 0.25) is 5.91 Å². The van der Waals surface area contributed by atoms with Crippen LogP contribution in [0.5, 0.6) is 5.75 Å². The number of benzene rings is 3. The second kappa shape index (κ2) is 13.2. The Kier molecular flexibility index (Phi) is 9.10. The number of piperazine rings is 2. The summed E-state index contributed by atoms with van der Waals surface area (Å²) in [7, 11) is 1.55. The van der Waals surface area contributed by atoms with Crippen LogP contribution in [0, 0.1) is 5.92 Å². The lowest BCUT2D eigenvalue weighted by Crippen LogP contribution is -2.67. The van der Waals surface area contributed by atoms with Gasteiger partial charge >= 0.3 is 6.18 Å². The fraction of sp³-hybridized carbons (Fsp3) is 0.412. The minimum atomic E-state index is -4.71. The van der Waals surface area contributed by atoms with Crippen molar-refractivity contribution in [2.45, 2.75) is 44.6 Å². The fourth-order valence-corrected chi connectivity index (χ4v) is 6.96. The molecule has 0 spiro atoms. The largest absolute Gasteiger partial charge is 0.496 e. The lowest BCUT2D eigenvalue weighted by atomic mass is 9.81. The molecule has 2 unspecified atom stereocenters. The summed E-state index contributed by atoms with van der Waals surface area (Å²) in [5, 5.41) is 10.1. The number of fused-ring (bicyclic) bond motifs is 1. The molecule has 0 radical (unpaired) electrons. The van der Waals surface area contributed by atoms with Crippen molar-refractivity contribution >= 4 is 5.91 Å². The second-order valence-electron chi connectivity index (χ2n) is 12.3. The monoisotopic (exact) mass is 633 g/mol. The first-order chi connectivity index (χ1) is 22.1. The van der Waals surface area contributed by atoms with Gasteiger partial charge in [0, 0.05) is 68.8 Å². The van der Waals surface area contributed by atoms with Gasteiger partial charge < -0.3 is 9.64 Å². The van der Waals surface area contributed by atoms with E-state index < -0.39 is 12.0 Å². The van der Waals surface area contributed by atoms with Crippen molar-refractivity contribution in [1.82, 2.24) is 34.9 Å². The summed E-state index contributed by atoms with van der Waals surface area (Å²) < 4.78 is 47.3. The molecule has 9 nitrogen and oxygen atoms in total. The Balaban J connectivity index is 1.37. The van der Waals surface area contributed by atoms with Crippen molar-refractivity contribution in [3.05, 3.63) is 101 Å². The number of amides is 1. The predicted molar refractivity (Wildman–Crippen MR) is 166 cm³/mol. The van der Waals surface area contributed by atoms with Gasteiger partial charge in [-0.1, -0.05) is 74.5 Å². The molecule has 242 valence electrons. The summed E-state index contributed by atoms with van der Waals surface area (Å²) >= 11 is 0. The molecule has 0 bridgehead atoms. The molecule has 1 amide bonds. The van der Waals surface area contributed by atoms with Gasteiger partial charge in [0.15, 0.2) is 0 Å². The van der Waals surface area contributed by atoms with Gasteiger partial charge in [-0.3, -0.25) is 14.6 Å². The van der Waals surface area contributed by atoms with E-state index in [1.54, 1.807) is 19.2 Å². The Labute approximate surface area is 266 Å². The Bertz CT molecular complexity index is 1590. The minimum absolute atomic E-state index is 0.0591. The average molecular weight is 634 g/mol. The minimum Gasteiger partial charge on any atom is -0.496 e. The summed E-state index contributed by atoms with van der Waals surface area (Å²) in [5.41, 5.74) is 3.33. The van der Waals surface area contributed by atoms with Crippen molar-refractivity contribution in [1.29, 1.82) is 0 Å². The molecule has 4 aromatic rings. The Morgan fingerprint density at radius 3 is 2.22 bits per heavy atom. The molecule has 3 aromatic carbocycles. The van der Waals surface area contributed by atoms with Gasteiger partial charge in [-0.05, 0) is 39.8 Å². The van der Waals surface area contributed by atoms with E-state index in [1.807, 2.05) is 30.9 Å². The SMILES string of the molecule is COc1ccc(-n2nnnc2C(F)(F)F)cc1CN1CC2CN(C(=O)C(C)C)CCN2C(C(c2ccccc2)c2ccccc2)C1. The molecular formula is C34H38F3N7O2. The van der Waals surface area contributed by atoms with Crippen LogP contribution >= 0.6 is 0 Å². The van der Waals surface area contributed by atoms with E-state index in [0.29, 0.717) is 43.2 Å². The van der Waals surface area contributed by atoms with Gasteiger partial charge in [0.1, 0.15) is 5.75 Å². The molecular weight excluding hydrogens is 595 g/mol. The van der Waals surface area contributed by atoms with Crippen LogP contribution in [-0.4, -0.2) is 92.7 Å². The number of nitrogens with zero attached hydrogens (tertiary/aromatic N) is 7. The van der Waals surface area contributed by atoms with Crippen LogP contribution in [0.4, 0.5) is 13.2 Å². The van der Waals surface area contributed by atoms with Crippen molar-refractivity contribution in [3.8, 4) is 11.4 Å². The highest BCUT2D eigenvalue weighted by Crippen LogP contribution is 2.37. The average Bonchev–Trinajstić information content (AvgIpc) is 3.57. The number of carbonyl (C=O) groups excluding carboxylic acids is 1. The van der Waals surface area contributed by atoms with Crippen molar-refractivity contribution < 1.29 is 22.7 Å². The van der Waals surface area contributed by atoms with Crippen LogP contribution in [-0.2, 0) is 17.5 Å². The van der Waals surface area contributed by atoms with Crippen LogP contribution in [0.15, 0.2) is 78.9 Å². The summed E-state index contributed by atoms with van der Waals surface area (Å²) in [6, 6.07) is 25.9. The number of rotatable bonds is 8. The van der Waals surface area contributed by atoms with Crippen LogP contribution in [0.25, 0.3) is 5.69 Å². The summed E-state index contributed by atoms with van der Waals surface area (Å²) in [4.78, 5) is 20.0. The van der Waals surface area contributed by atoms with Crippen LogP contribution in [0.1, 0.15) is 42.3 Å². The molecule has 2 aliphatic heterocycles. The molecule has 0 aliphatic carbocycles. The number of alkyl halides is 3. The Morgan fingerprint density at radius 1 is 0.935 bits per heavy atom. The van der Waals surface area contributed by atoms with E-state index in [2.05, 4.69) is 73.9 Å². The number of halogens is 3. The first-order valence-corrected chi connectivity index (χ1v) is 15.5. The zero-order valence-electron chi connectivity index (χ0n) is 26.1. The van der Waals surface area contributed by atoms with Gasteiger partial charge in [0.05, 0.1) is 12.8 Å². The highest BCUT2D eigenvalue weighted by atomic mass is 19.4. The lowest BCUT2D eigenvalue weighted by molar-refractivity contribution is -0.146. The smallest absolute Gasteiger partial charge is 0.453 e. The van der Waals surface area contributed by atoms with E-state index >= 15 is 0 Å². The third kappa shape index (κ3) is 6.50. The van der Waals surface area contributed by atoms with E-state index in [1.165, 1.54) is 17.2 Å². The Morgan fingerprint density at radius 2 is 1.61 bits per heavy atom. The van der Waals surface area contributed by atoms with E-state index in [9.17, 15) is 18.0 Å². The maximum Gasteiger partial charge on any atom is 0.453 e. The molecule has 2 fully saturated rings. The number of ether oxygens (including phenoxy) is 1. The summed E-state index contributed by atoms with van der Waals surface area (Å²) in [6.45, 7) is 7.71. The molecule has 3 heterocycles. The standard InChI is InChI=1S/C34H38F3N7O2/c1-23(2)32(45)42-16-17-43-28(21-42)20-41(22-29(43)31(24-10-6-4-7-11-24)25-12-8-5-9-13-25)19-26-18-27(14-15-30(26)46-3)44-33(34(35,36)37)38-39-40-44/h4-15,18,23,28-29,31H,16-17,19-22H2,1-3H3. The maximum atomic E-state index is 13.7. The zero-order chi connectivity index (χ0) is 32.4. The Hall–Kier alpha value is -4.29. The molecule has 46 heavy (non-hydrogen) atoms. The van der Waals surface area contributed by atoms with Crippen LogP contribution in [0.3, 0.4) is 0 Å². The first kappa shape index (κ1) is 31.7. The highest BCUT2D eigenvalue weighted by molar-refractivity contribution is 5.78. The number of methoxy groups -OCH3 is 1. The van der Waals surface area contributed by atoms with E-state index in [-0.39, 0.29) is 35.5 Å². The third-order valence-corrected chi connectivity index (χ3v) is 9.00. The third-order valence-electron chi connectivity index (χ3n) is 9.00. The van der Waals surface area contributed by atoms with Gasteiger partial charge in [0.25, 0.3) is 5.82 Å². The molecule has 2 atom stereocenters. The van der Waals surface area contributed by atoms with E-state index in [0.717, 1.165) is 12.1 Å². The number of aromatic nitrogens is 4. The second-order valence-corrected chi connectivity index (χ2v) is 12.3. The molecule has 2 aliphatic rings. The predicted octanol–water partition coefficient (Wildman–Crippen LogP) is 4.87. The number of hydrogen-bond acceptors (Lipinski definition) is 7. The van der Waals surface area contributed by atoms with Crippen molar-refractivity contribution in [2.75, 3.05) is 39.8 Å². The topological polar surface area (TPSA) is 79.6 Å².